The Morgan fingerprint density at radius 1 is 1.47 bits per heavy atom. The van der Waals surface area contributed by atoms with E-state index in [1.807, 2.05) is 19.1 Å². The summed E-state index contributed by atoms with van der Waals surface area (Å²) >= 11 is 0. The summed E-state index contributed by atoms with van der Waals surface area (Å²) in [6, 6.07) is 4.55. The first-order valence-corrected chi connectivity index (χ1v) is 6.09. The maximum absolute atomic E-state index is 12.0. The summed E-state index contributed by atoms with van der Waals surface area (Å²) in [5, 5.41) is 11.5. The number of hydrogen-bond acceptors (Lipinski definition) is 3. The van der Waals surface area contributed by atoms with E-state index in [2.05, 4.69) is 10.3 Å². The van der Waals surface area contributed by atoms with E-state index in [-0.39, 0.29) is 5.69 Å². The number of pyridine rings is 1. The van der Waals surface area contributed by atoms with Crippen LogP contribution in [0.1, 0.15) is 30.3 Å². The Bertz CT molecular complexity index is 573. The Labute approximate surface area is 110 Å². The zero-order chi connectivity index (χ0) is 13.8. The number of carboxylic acid groups (broad SMARTS) is 1. The standard InChI is InChI=1S/C13H15N3O3/c1-2-5-9(13(18)19)15-12(17)10-8-16-7-4-3-6-11(16)14-10/h3-4,6-9H,2,5H2,1H3,(H,15,17)(H,18,19). The van der Waals surface area contributed by atoms with Gasteiger partial charge in [-0.3, -0.25) is 4.79 Å². The minimum atomic E-state index is -1.03. The summed E-state index contributed by atoms with van der Waals surface area (Å²) in [7, 11) is 0. The molecule has 0 aliphatic carbocycles. The zero-order valence-electron chi connectivity index (χ0n) is 10.5. The van der Waals surface area contributed by atoms with Gasteiger partial charge >= 0.3 is 5.97 Å². The number of carbonyl (C=O) groups is 2. The summed E-state index contributed by atoms with van der Waals surface area (Å²) in [6.07, 6.45) is 4.44. The lowest BCUT2D eigenvalue weighted by Crippen LogP contribution is -2.40. The van der Waals surface area contributed by atoms with Gasteiger partial charge in [0.1, 0.15) is 17.4 Å². The molecule has 0 radical (unpaired) electrons. The molecule has 0 fully saturated rings. The van der Waals surface area contributed by atoms with Gasteiger partial charge in [-0.1, -0.05) is 19.4 Å². The first-order valence-electron chi connectivity index (χ1n) is 6.09. The van der Waals surface area contributed by atoms with E-state index in [1.54, 1.807) is 22.9 Å². The maximum Gasteiger partial charge on any atom is 0.326 e. The molecule has 0 aliphatic rings. The van der Waals surface area contributed by atoms with E-state index in [4.69, 9.17) is 5.11 Å². The minimum absolute atomic E-state index is 0.216. The first kappa shape index (κ1) is 13.1. The molecule has 0 aliphatic heterocycles. The van der Waals surface area contributed by atoms with Crippen molar-refractivity contribution >= 4 is 17.5 Å². The van der Waals surface area contributed by atoms with Crippen molar-refractivity contribution in [2.24, 2.45) is 0 Å². The molecule has 2 N–H and O–H groups in total. The van der Waals surface area contributed by atoms with E-state index in [0.29, 0.717) is 18.5 Å². The zero-order valence-corrected chi connectivity index (χ0v) is 10.5. The number of fused-ring (bicyclic) bond motifs is 1. The van der Waals surface area contributed by atoms with Gasteiger partial charge in [-0.15, -0.1) is 0 Å². The van der Waals surface area contributed by atoms with Crippen LogP contribution in [-0.4, -0.2) is 32.4 Å². The van der Waals surface area contributed by atoms with Gasteiger partial charge in [0.05, 0.1) is 0 Å². The van der Waals surface area contributed by atoms with Crippen LogP contribution in [0.2, 0.25) is 0 Å². The Balaban J connectivity index is 2.16. The fourth-order valence-electron chi connectivity index (χ4n) is 1.82. The van der Waals surface area contributed by atoms with Crippen molar-refractivity contribution in [3.05, 3.63) is 36.3 Å². The Kier molecular flexibility index (Phi) is 3.79. The average Bonchev–Trinajstić information content (AvgIpc) is 2.81. The molecular formula is C13H15N3O3. The van der Waals surface area contributed by atoms with Crippen molar-refractivity contribution in [3.8, 4) is 0 Å². The van der Waals surface area contributed by atoms with Crippen molar-refractivity contribution in [3.63, 3.8) is 0 Å². The second kappa shape index (κ2) is 5.51. The van der Waals surface area contributed by atoms with Gasteiger partial charge in [0.25, 0.3) is 5.91 Å². The van der Waals surface area contributed by atoms with Crippen LogP contribution in [0.15, 0.2) is 30.6 Å². The summed E-state index contributed by atoms with van der Waals surface area (Å²) < 4.78 is 1.71. The Morgan fingerprint density at radius 3 is 2.89 bits per heavy atom. The van der Waals surface area contributed by atoms with Crippen LogP contribution in [0.3, 0.4) is 0 Å². The number of carbonyl (C=O) groups excluding carboxylic acids is 1. The van der Waals surface area contributed by atoms with Crippen LogP contribution in [-0.2, 0) is 4.79 Å². The molecule has 0 saturated heterocycles. The lowest BCUT2D eigenvalue weighted by molar-refractivity contribution is -0.139. The molecule has 0 aromatic carbocycles. The smallest absolute Gasteiger partial charge is 0.326 e. The number of aromatic nitrogens is 2. The highest BCUT2D eigenvalue weighted by atomic mass is 16.4. The van der Waals surface area contributed by atoms with Gasteiger partial charge in [0.2, 0.25) is 0 Å². The van der Waals surface area contributed by atoms with Gasteiger partial charge in [0.15, 0.2) is 0 Å². The Hall–Kier alpha value is -2.37. The molecule has 2 aromatic rings. The number of hydrogen-bond donors (Lipinski definition) is 2. The molecule has 2 heterocycles. The topological polar surface area (TPSA) is 83.7 Å². The molecular weight excluding hydrogens is 246 g/mol. The second-order valence-electron chi connectivity index (χ2n) is 4.25. The SMILES string of the molecule is CCCC(NC(=O)c1cn2ccccc2n1)C(=O)O. The van der Waals surface area contributed by atoms with Crippen molar-refractivity contribution in [2.75, 3.05) is 0 Å². The molecule has 6 nitrogen and oxygen atoms in total. The molecule has 1 amide bonds. The average molecular weight is 261 g/mol. The van der Waals surface area contributed by atoms with Crippen LogP contribution >= 0.6 is 0 Å². The number of carboxylic acids is 1. The van der Waals surface area contributed by atoms with Gasteiger partial charge in [-0.2, -0.15) is 0 Å². The number of nitrogens with zero attached hydrogens (tertiary/aromatic N) is 2. The highest BCUT2D eigenvalue weighted by Gasteiger charge is 2.20. The maximum atomic E-state index is 12.0. The van der Waals surface area contributed by atoms with E-state index >= 15 is 0 Å². The molecule has 1 unspecified atom stereocenters. The molecule has 2 rings (SSSR count). The fourth-order valence-corrected chi connectivity index (χ4v) is 1.82. The van der Waals surface area contributed by atoms with E-state index in [9.17, 15) is 9.59 Å². The van der Waals surface area contributed by atoms with E-state index in [0.717, 1.165) is 0 Å². The fraction of sp³-hybridized carbons (Fsp3) is 0.308. The third kappa shape index (κ3) is 2.90. The van der Waals surface area contributed by atoms with Gasteiger partial charge < -0.3 is 14.8 Å². The highest BCUT2D eigenvalue weighted by Crippen LogP contribution is 2.05. The monoisotopic (exact) mass is 261 g/mol. The number of nitrogens with one attached hydrogen (secondary N) is 1. The summed E-state index contributed by atoms with van der Waals surface area (Å²) in [6.45, 7) is 1.87. The number of amides is 1. The third-order valence-corrected chi connectivity index (χ3v) is 2.78. The first-order chi connectivity index (χ1) is 9.11. The summed E-state index contributed by atoms with van der Waals surface area (Å²) in [5.41, 5.74) is 0.864. The van der Waals surface area contributed by atoms with Crippen molar-refractivity contribution in [2.45, 2.75) is 25.8 Å². The minimum Gasteiger partial charge on any atom is -0.480 e. The number of rotatable bonds is 5. The molecule has 100 valence electrons. The normalized spacial score (nSPS) is 12.3. The van der Waals surface area contributed by atoms with Crippen LogP contribution in [0.5, 0.6) is 0 Å². The van der Waals surface area contributed by atoms with Crippen molar-refractivity contribution in [1.82, 2.24) is 14.7 Å². The van der Waals surface area contributed by atoms with Crippen molar-refractivity contribution < 1.29 is 14.7 Å². The predicted molar refractivity (Wildman–Crippen MR) is 69.0 cm³/mol. The highest BCUT2D eigenvalue weighted by molar-refractivity contribution is 5.95. The van der Waals surface area contributed by atoms with Gasteiger partial charge in [-0.05, 0) is 18.6 Å². The van der Waals surface area contributed by atoms with Crippen LogP contribution in [0.25, 0.3) is 5.65 Å². The quantitative estimate of drug-likeness (QED) is 0.850. The van der Waals surface area contributed by atoms with Gasteiger partial charge in [-0.25, -0.2) is 9.78 Å². The molecule has 0 spiro atoms. The Morgan fingerprint density at radius 2 is 2.26 bits per heavy atom. The van der Waals surface area contributed by atoms with Gasteiger partial charge in [0, 0.05) is 12.4 Å². The molecule has 6 heteroatoms. The van der Waals surface area contributed by atoms with Crippen LogP contribution < -0.4 is 5.32 Å². The van der Waals surface area contributed by atoms with Crippen LogP contribution in [0, 0.1) is 0 Å². The van der Waals surface area contributed by atoms with E-state index < -0.39 is 17.9 Å². The summed E-state index contributed by atoms with van der Waals surface area (Å²) in [4.78, 5) is 27.1. The molecule has 0 saturated carbocycles. The molecule has 0 bridgehead atoms. The molecule has 19 heavy (non-hydrogen) atoms. The second-order valence-corrected chi connectivity index (χ2v) is 4.25. The van der Waals surface area contributed by atoms with E-state index in [1.165, 1.54) is 0 Å². The van der Waals surface area contributed by atoms with Crippen LogP contribution in [0.4, 0.5) is 0 Å². The lowest BCUT2D eigenvalue weighted by Gasteiger charge is -2.11. The molecule has 1 atom stereocenters. The predicted octanol–water partition coefficient (Wildman–Crippen LogP) is 1.32. The molecule has 2 aromatic heterocycles. The lowest BCUT2D eigenvalue weighted by atomic mass is 10.1. The number of imidazole rings is 1. The third-order valence-electron chi connectivity index (χ3n) is 2.78. The largest absolute Gasteiger partial charge is 0.480 e. The number of aliphatic carboxylic acids is 1. The van der Waals surface area contributed by atoms with Crippen molar-refractivity contribution in [1.29, 1.82) is 0 Å². The summed E-state index contributed by atoms with van der Waals surface area (Å²) in [5.74, 6) is -1.50.